The lowest BCUT2D eigenvalue weighted by atomic mass is 10.2. The summed E-state index contributed by atoms with van der Waals surface area (Å²) in [5.41, 5.74) is 0.447. The third-order valence-electron chi connectivity index (χ3n) is 4.26. The second-order valence-electron chi connectivity index (χ2n) is 6.00. The van der Waals surface area contributed by atoms with Gasteiger partial charge in [-0.05, 0) is 36.8 Å². The smallest absolute Gasteiger partial charge is 0.335 e. The van der Waals surface area contributed by atoms with E-state index in [4.69, 9.17) is 0 Å². The molecule has 0 radical (unpaired) electrons. The number of aryl methyl sites for hydroxylation is 1. The lowest BCUT2D eigenvalue weighted by Crippen LogP contribution is -2.30. The van der Waals surface area contributed by atoms with Crippen LogP contribution in [0, 0.1) is 6.92 Å². The van der Waals surface area contributed by atoms with Crippen LogP contribution in [0.15, 0.2) is 68.8 Å². The summed E-state index contributed by atoms with van der Waals surface area (Å²) in [7, 11) is 0. The summed E-state index contributed by atoms with van der Waals surface area (Å²) >= 11 is 0. The normalized spacial score (nSPS) is 14.0. The van der Waals surface area contributed by atoms with Gasteiger partial charge in [0, 0.05) is 5.22 Å². The number of nitrogens with one attached hydrogen (secondary N) is 1. The molecular weight excluding hydrogens is 330 g/mol. The summed E-state index contributed by atoms with van der Waals surface area (Å²) in [6.45, 7) is 1.82. The molecular formula is C20H15N3O3. The van der Waals surface area contributed by atoms with Crippen molar-refractivity contribution in [3.63, 3.8) is 0 Å². The third kappa shape index (κ3) is 2.57. The molecule has 2 aromatic carbocycles. The molecule has 2 N–H and O–H groups in total. The molecule has 0 atom stereocenters. The number of hydrogen-bond donors (Lipinski definition) is 2. The molecule has 26 heavy (non-hydrogen) atoms. The summed E-state index contributed by atoms with van der Waals surface area (Å²) in [5, 5.41) is 12.4. The van der Waals surface area contributed by atoms with Crippen molar-refractivity contribution in [1.29, 1.82) is 0 Å². The van der Waals surface area contributed by atoms with E-state index in [1.807, 2.05) is 49.4 Å². The van der Waals surface area contributed by atoms with Gasteiger partial charge in [-0.25, -0.2) is 14.4 Å². The van der Waals surface area contributed by atoms with Crippen LogP contribution >= 0.6 is 0 Å². The van der Waals surface area contributed by atoms with Gasteiger partial charge in [0.1, 0.15) is 5.56 Å². The van der Waals surface area contributed by atoms with E-state index in [2.05, 4.69) is 9.98 Å². The third-order valence-corrected chi connectivity index (χ3v) is 4.26. The van der Waals surface area contributed by atoms with E-state index in [0.29, 0.717) is 11.4 Å². The van der Waals surface area contributed by atoms with Crippen molar-refractivity contribution in [2.24, 2.45) is 4.99 Å². The van der Waals surface area contributed by atoms with Gasteiger partial charge >= 0.3 is 5.69 Å². The minimum Gasteiger partial charge on any atom is -0.494 e. The number of allylic oxidation sites excluding steroid dienone is 1. The first kappa shape index (κ1) is 15.8. The molecule has 0 bridgehead atoms. The van der Waals surface area contributed by atoms with Crippen molar-refractivity contribution >= 4 is 12.2 Å². The first-order valence-electron chi connectivity index (χ1n) is 8.06. The fourth-order valence-electron chi connectivity index (χ4n) is 2.97. The number of aromatic nitrogens is 2. The predicted molar refractivity (Wildman–Crippen MR) is 98.7 cm³/mol. The number of benzene rings is 2. The van der Waals surface area contributed by atoms with Crippen LogP contribution in [-0.2, 0) is 0 Å². The molecule has 0 spiro atoms. The highest BCUT2D eigenvalue weighted by Gasteiger charge is 2.16. The van der Waals surface area contributed by atoms with Crippen LogP contribution < -0.4 is 21.8 Å². The SMILES string of the molecule is Cc1ccccc1-n1c(O)c(C=C2C=c3ccccc3=N2)c(=O)[nH]c1=O. The Morgan fingerprint density at radius 1 is 1.08 bits per heavy atom. The standard InChI is InChI=1S/C20H15N3O3/c1-12-6-2-5-9-17(12)23-19(25)15(18(24)22-20(23)26)11-14-10-13-7-3-4-8-16(13)21-14/h2-11,25H,1H3,(H,22,24,26). The van der Waals surface area contributed by atoms with Crippen LogP contribution in [0.5, 0.6) is 5.88 Å². The maximum Gasteiger partial charge on any atom is 0.335 e. The van der Waals surface area contributed by atoms with Crippen LogP contribution in [0.3, 0.4) is 0 Å². The quantitative estimate of drug-likeness (QED) is 0.726. The van der Waals surface area contributed by atoms with Crippen LogP contribution in [0.4, 0.5) is 0 Å². The van der Waals surface area contributed by atoms with Crippen molar-refractivity contribution in [3.05, 3.63) is 96.8 Å². The Bertz CT molecular complexity index is 1260. The maximum absolute atomic E-state index is 12.3. The number of nitrogens with zero attached hydrogens (tertiary/aromatic N) is 2. The first-order valence-corrected chi connectivity index (χ1v) is 8.06. The number of aromatic amines is 1. The second kappa shape index (κ2) is 6.00. The van der Waals surface area contributed by atoms with Crippen LogP contribution in [0.1, 0.15) is 11.1 Å². The Balaban J connectivity index is 1.95. The van der Waals surface area contributed by atoms with E-state index in [-0.39, 0.29) is 5.56 Å². The number of hydrogen-bond acceptors (Lipinski definition) is 4. The summed E-state index contributed by atoms with van der Waals surface area (Å²) < 4.78 is 1.09. The van der Waals surface area contributed by atoms with E-state index in [1.165, 1.54) is 6.08 Å². The van der Waals surface area contributed by atoms with Crippen LogP contribution in [0.25, 0.3) is 17.8 Å². The Kier molecular flexibility index (Phi) is 3.65. The highest BCUT2D eigenvalue weighted by atomic mass is 16.3. The summed E-state index contributed by atoms with van der Waals surface area (Å²) in [6, 6.07) is 14.7. The zero-order valence-corrected chi connectivity index (χ0v) is 13.9. The van der Waals surface area contributed by atoms with Gasteiger partial charge in [0.15, 0.2) is 0 Å². The number of fused-ring (bicyclic) bond motifs is 1. The number of para-hydroxylation sites is 2. The predicted octanol–water partition coefficient (Wildman–Crippen LogP) is 0.995. The molecule has 4 rings (SSSR count). The average molecular weight is 345 g/mol. The summed E-state index contributed by atoms with van der Waals surface area (Å²) in [4.78, 5) is 31.2. The fourth-order valence-corrected chi connectivity index (χ4v) is 2.97. The first-order chi connectivity index (χ1) is 12.5. The van der Waals surface area contributed by atoms with Crippen molar-refractivity contribution < 1.29 is 5.11 Å². The average Bonchev–Trinajstić information content (AvgIpc) is 3.02. The molecule has 6 heteroatoms. The maximum atomic E-state index is 12.3. The fraction of sp³-hybridized carbons (Fsp3) is 0.0500. The molecule has 0 unspecified atom stereocenters. The highest BCUT2D eigenvalue weighted by Crippen LogP contribution is 2.21. The molecule has 0 aliphatic carbocycles. The van der Waals surface area contributed by atoms with Gasteiger partial charge in [-0.15, -0.1) is 0 Å². The van der Waals surface area contributed by atoms with Gasteiger partial charge in [-0.3, -0.25) is 9.78 Å². The molecule has 6 nitrogen and oxygen atoms in total. The number of H-pyrrole nitrogens is 1. The molecule has 128 valence electrons. The lowest BCUT2D eigenvalue weighted by Gasteiger charge is -2.12. The Labute approximate surface area is 147 Å². The highest BCUT2D eigenvalue weighted by molar-refractivity contribution is 5.67. The van der Waals surface area contributed by atoms with E-state index >= 15 is 0 Å². The van der Waals surface area contributed by atoms with Crippen LogP contribution in [0.2, 0.25) is 0 Å². The monoisotopic (exact) mass is 345 g/mol. The molecule has 3 aromatic rings. The summed E-state index contributed by atoms with van der Waals surface area (Å²) in [6.07, 6.45) is 3.29. The molecule has 1 aliphatic heterocycles. The molecule has 0 fully saturated rings. The second-order valence-corrected chi connectivity index (χ2v) is 6.00. The zero-order chi connectivity index (χ0) is 18.3. The molecule has 2 heterocycles. The number of rotatable bonds is 2. The van der Waals surface area contributed by atoms with Gasteiger partial charge in [-0.1, -0.05) is 36.4 Å². The molecule has 1 aliphatic rings. The Morgan fingerprint density at radius 2 is 1.81 bits per heavy atom. The van der Waals surface area contributed by atoms with Gasteiger partial charge in [-0.2, -0.15) is 0 Å². The summed E-state index contributed by atoms with van der Waals surface area (Å²) in [5.74, 6) is -0.417. The Morgan fingerprint density at radius 3 is 2.58 bits per heavy atom. The Hall–Kier alpha value is -3.67. The topological polar surface area (TPSA) is 87.4 Å². The molecule has 0 saturated heterocycles. The largest absolute Gasteiger partial charge is 0.494 e. The minimum atomic E-state index is -0.695. The molecule has 0 saturated carbocycles. The van der Waals surface area contributed by atoms with Gasteiger partial charge in [0.05, 0.1) is 16.7 Å². The molecule has 1 aromatic heterocycles. The number of aromatic hydroxyl groups is 1. The van der Waals surface area contributed by atoms with Crippen molar-refractivity contribution in [1.82, 2.24) is 9.55 Å². The van der Waals surface area contributed by atoms with Gasteiger partial charge < -0.3 is 5.11 Å². The van der Waals surface area contributed by atoms with E-state index in [0.717, 1.165) is 20.7 Å². The van der Waals surface area contributed by atoms with Gasteiger partial charge in [0.2, 0.25) is 5.88 Å². The minimum absolute atomic E-state index is 0.0179. The van der Waals surface area contributed by atoms with Crippen LogP contribution in [-0.4, -0.2) is 14.7 Å². The van der Waals surface area contributed by atoms with Crippen molar-refractivity contribution in [2.45, 2.75) is 6.92 Å². The van der Waals surface area contributed by atoms with Gasteiger partial charge in [0.25, 0.3) is 5.56 Å². The lowest BCUT2D eigenvalue weighted by molar-refractivity contribution is 0.429. The van der Waals surface area contributed by atoms with E-state index < -0.39 is 17.1 Å². The van der Waals surface area contributed by atoms with Crippen molar-refractivity contribution in [3.8, 4) is 11.6 Å². The molecule has 0 amide bonds. The van der Waals surface area contributed by atoms with E-state index in [1.54, 1.807) is 12.1 Å². The van der Waals surface area contributed by atoms with E-state index in [9.17, 15) is 14.7 Å². The van der Waals surface area contributed by atoms with Crippen molar-refractivity contribution in [2.75, 3.05) is 0 Å². The zero-order valence-electron chi connectivity index (χ0n) is 13.9.